The van der Waals surface area contributed by atoms with Crippen LogP contribution in [0.4, 0.5) is 5.69 Å². The number of carbonyl (C=O) groups excluding carboxylic acids is 2. The monoisotopic (exact) mass is 458 g/mol. The molecule has 34 heavy (non-hydrogen) atoms. The highest BCUT2D eigenvalue weighted by Gasteiger charge is 2.17. The van der Waals surface area contributed by atoms with Crippen molar-refractivity contribution in [3.05, 3.63) is 89.5 Å². The number of benzene rings is 3. The summed E-state index contributed by atoms with van der Waals surface area (Å²) in [4.78, 5) is 27.5. The van der Waals surface area contributed by atoms with E-state index in [2.05, 4.69) is 5.32 Å². The predicted molar refractivity (Wildman–Crippen MR) is 133 cm³/mol. The Bertz CT molecular complexity index is 1110. The van der Waals surface area contributed by atoms with Crippen molar-refractivity contribution >= 4 is 17.5 Å². The van der Waals surface area contributed by atoms with Crippen molar-refractivity contribution in [2.24, 2.45) is 0 Å². The summed E-state index contributed by atoms with van der Waals surface area (Å²) in [6.07, 6.45) is 4.47. The Morgan fingerprint density at radius 1 is 0.824 bits per heavy atom. The number of hydrogen-bond donors (Lipinski definition) is 1. The lowest BCUT2D eigenvalue weighted by Crippen LogP contribution is -2.31. The highest BCUT2D eigenvalue weighted by Crippen LogP contribution is 2.29. The molecule has 0 aromatic heterocycles. The second-order valence-electron chi connectivity index (χ2n) is 8.38. The van der Waals surface area contributed by atoms with Gasteiger partial charge in [-0.25, -0.2) is 0 Å². The lowest BCUT2D eigenvalue weighted by Gasteiger charge is -2.20. The fraction of sp³-hybridized carbons (Fsp3) is 0.286. The predicted octanol–water partition coefficient (Wildman–Crippen LogP) is 5.54. The molecular weight excluding hydrogens is 428 g/mol. The van der Waals surface area contributed by atoms with Crippen LogP contribution < -0.4 is 14.8 Å². The quantitative estimate of drug-likeness (QED) is 0.505. The number of nitrogens with zero attached hydrogens (tertiary/aromatic N) is 1. The van der Waals surface area contributed by atoms with Crippen molar-refractivity contribution in [2.45, 2.75) is 32.3 Å². The van der Waals surface area contributed by atoms with Gasteiger partial charge in [0.2, 0.25) is 0 Å². The largest absolute Gasteiger partial charge is 0.493 e. The Morgan fingerprint density at radius 3 is 2.18 bits per heavy atom. The fourth-order valence-electron chi connectivity index (χ4n) is 4.02. The van der Waals surface area contributed by atoms with Gasteiger partial charge in [-0.15, -0.1) is 0 Å². The SMILES string of the molecule is COc1cc(C(=O)Nc2ccc(C(=O)N3CCCCCC3)cc2)ccc1OCc1ccccc1. The Morgan fingerprint density at radius 2 is 1.50 bits per heavy atom. The summed E-state index contributed by atoms with van der Waals surface area (Å²) >= 11 is 0. The number of hydrogen-bond acceptors (Lipinski definition) is 4. The van der Waals surface area contributed by atoms with E-state index in [9.17, 15) is 9.59 Å². The molecule has 6 heteroatoms. The molecule has 4 rings (SSSR count). The van der Waals surface area contributed by atoms with Crippen molar-refractivity contribution in [3.8, 4) is 11.5 Å². The molecule has 2 amide bonds. The molecule has 1 aliphatic rings. The first-order chi connectivity index (χ1) is 16.6. The van der Waals surface area contributed by atoms with Crippen LogP contribution in [-0.4, -0.2) is 36.9 Å². The van der Waals surface area contributed by atoms with Gasteiger partial charge in [-0.3, -0.25) is 9.59 Å². The molecule has 176 valence electrons. The average Bonchev–Trinajstić information content (AvgIpc) is 3.18. The van der Waals surface area contributed by atoms with Crippen LogP contribution in [0.2, 0.25) is 0 Å². The van der Waals surface area contributed by atoms with Gasteiger partial charge in [-0.2, -0.15) is 0 Å². The van der Waals surface area contributed by atoms with Crippen LogP contribution in [-0.2, 0) is 6.61 Å². The molecule has 1 aliphatic heterocycles. The van der Waals surface area contributed by atoms with E-state index >= 15 is 0 Å². The molecule has 0 radical (unpaired) electrons. The second-order valence-corrected chi connectivity index (χ2v) is 8.38. The first-order valence-corrected chi connectivity index (χ1v) is 11.7. The topological polar surface area (TPSA) is 67.9 Å². The van der Waals surface area contributed by atoms with Crippen molar-refractivity contribution < 1.29 is 19.1 Å². The number of amides is 2. The fourth-order valence-corrected chi connectivity index (χ4v) is 4.02. The second kappa shape index (κ2) is 11.4. The normalized spacial score (nSPS) is 13.6. The third-order valence-electron chi connectivity index (χ3n) is 5.95. The maximum absolute atomic E-state index is 12.8. The van der Waals surface area contributed by atoms with E-state index in [1.807, 2.05) is 35.2 Å². The summed E-state index contributed by atoms with van der Waals surface area (Å²) in [6, 6.07) is 22.0. The number of nitrogens with one attached hydrogen (secondary N) is 1. The Hall–Kier alpha value is -3.80. The van der Waals surface area contributed by atoms with Crippen molar-refractivity contribution in [1.82, 2.24) is 4.90 Å². The molecule has 3 aromatic rings. The van der Waals surface area contributed by atoms with Crippen LogP contribution in [0.15, 0.2) is 72.8 Å². The molecule has 1 N–H and O–H groups in total. The van der Waals surface area contributed by atoms with E-state index in [1.165, 1.54) is 12.8 Å². The molecule has 1 saturated heterocycles. The summed E-state index contributed by atoms with van der Waals surface area (Å²) < 4.78 is 11.3. The van der Waals surface area contributed by atoms with E-state index < -0.39 is 0 Å². The minimum absolute atomic E-state index is 0.0515. The molecule has 0 aliphatic carbocycles. The molecule has 0 bridgehead atoms. The standard InChI is InChI=1S/C28H30N2O4/c1-33-26-19-23(13-16-25(26)34-20-21-9-5-4-6-10-21)27(31)29-24-14-11-22(12-15-24)28(32)30-17-7-2-3-8-18-30/h4-6,9-16,19H,2-3,7-8,17-18,20H2,1H3,(H,29,31). The number of likely N-dealkylation sites (tertiary alicyclic amines) is 1. The van der Waals surface area contributed by atoms with Gasteiger partial charge in [0.1, 0.15) is 6.61 Å². The van der Waals surface area contributed by atoms with Gasteiger partial charge >= 0.3 is 0 Å². The lowest BCUT2D eigenvalue weighted by molar-refractivity contribution is 0.0761. The summed E-state index contributed by atoms with van der Waals surface area (Å²) in [5.74, 6) is 0.844. The van der Waals surface area contributed by atoms with Gasteiger partial charge in [-0.05, 0) is 60.9 Å². The van der Waals surface area contributed by atoms with Gasteiger partial charge in [0, 0.05) is 29.9 Å². The zero-order valence-corrected chi connectivity index (χ0v) is 19.5. The smallest absolute Gasteiger partial charge is 0.255 e. The van der Waals surface area contributed by atoms with Gasteiger partial charge in [-0.1, -0.05) is 43.2 Å². The zero-order valence-electron chi connectivity index (χ0n) is 19.5. The average molecular weight is 459 g/mol. The number of methoxy groups -OCH3 is 1. The third kappa shape index (κ3) is 5.95. The molecule has 0 atom stereocenters. The van der Waals surface area contributed by atoms with Gasteiger partial charge in [0.25, 0.3) is 11.8 Å². The summed E-state index contributed by atoms with van der Waals surface area (Å²) in [6.45, 7) is 2.03. The highest BCUT2D eigenvalue weighted by molar-refractivity contribution is 6.05. The highest BCUT2D eigenvalue weighted by atomic mass is 16.5. The maximum atomic E-state index is 12.8. The van der Waals surface area contributed by atoms with E-state index in [-0.39, 0.29) is 11.8 Å². The van der Waals surface area contributed by atoms with Gasteiger partial charge < -0.3 is 19.7 Å². The van der Waals surface area contributed by atoms with Crippen LogP contribution in [0, 0.1) is 0 Å². The molecule has 1 fully saturated rings. The first kappa shape index (κ1) is 23.4. The summed E-state index contributed by atoms with van der Waals surface area (Å²) in [5, 5.41) is 2.88. The molecule has 3 aromatic carbocycles. The zero-order chi connectivity index (χ0) is 23.8. The van der Waals surface area contributed by atoms with Crippen LogP contribution in [0.5, 0.6) is 11.5 Å². The summed E-state index contributed by atoms with van der Waals surface area (Å²) in [7, 11) is 1.55. The molecule has 0 spiro atoms. The van der Waals surface area contributed by atoms with Crippen molar-refractivity contribution in [1.29, 1.82) is 0 Å². The Kier molecular flexibility index (Phi) is 7.81. The third-order valence-corrected chi connectivity index (χ3v) is 5.95. The number of rotatable bonds is 7. The number of anilines is 1. The van der Waals surface area contributed by atoms with Crippen LogP contribution in [0.1, 0.15) is 52.0 Å². The van der Waals surface area contributed by atoms with E-state index in [4.69, 9.17) is 9.47 Å². The van der Waals surface area contributed by atoms with E-state index in [1.54, 1.807) is 49.6 Å². The Balaban J connectivity index is 1.38. The van der Waals surface area contributed by atoms with Crippen molar-refractivity contribution in [3.63, 3.8) is 0 Å². The molecule has 6 nitrogen and oxygen atoms in total. The van der Waals surface area contributed by atoms with Crippen LogP contribution in [0.3, 0.4) is 0 Å². The van der Waals surface area contributed by atoms with Crippen LogP contribution >= 0.6 is 0 Å². The van der Waals surface area contributed by atoms with Crippen LogP contribution in [0.25, 0.3) is 0 Å². The summed E-state index contributed by atoms with van der Waals surface area (Å²) in [5.41, 5.74) is 2.76. The van der Waals surface area contributed by atoms with E-state index in [0.29, 0.717) is 34.9 Å². The number of carbonyl (C=O) groups is 2. The molecule has 0 saturated carbocycles. The Labute approximate surface area is 200 Å². The minimum Gasteiger partial charge on any atom is -0.493 e. The first-order valence-electron chi connectivity index (χ1n) is 11.7. The van der Waals surface area contributed by atoms with E-state index in [0.717, 1.165) is 31.5 Å². The minimum atomic E-state index is -0.264. The lowest BCUT2D eigenvalue weighted by atomic mass is 10.1. The van der Waals surface area contributed by atoms with Crippen molar-refractivity contribution in [2.75, 3.05) is 25.5 Å². The molecule has 1 heterocycles. The molecule has 0 unspecified atom stereocenters. The van der Waals surface area contributed by atoms with Gasteiger partial charge in [0.05, 0.1) is 7.11 Å². The maximum Gasteiger partial charge on any atom is 0.255 e. The van der Waals surface area contributed by atoms with Gasteiger partial charge in [0.15, 0.2) is 11.5 Å². The molecular formula is C28H30N2O4. The number of ether oxygens (including phenoxy) is 2.